The Morgan fingerprint density at radius 2 is 2.05 bits per heavy atom. The highest BCUT2D eigenvalue weighted by Crippen LogP contribution is 2.27. The minimum Gasteiger partial charge on any atom is -0.372 e. The summed E-state index contributed by atoms with van der Waals surface area (Å²) in [5, 5.41) is 2.85. The third-order valence-electron chi connectivity index (χ3n) is 3.20. The molecule has 21 heavy (non-hydrogen) atoms. The summed E-state index contributed by atoms with van der Waals surface area (Å²) in [5.74, 6) is 0.374. The molecule has 1 N–H and O–H groups in total. The molecule has 0 atom stereocenters. The smallest absolute Gasteiger partial charge is 0.247 e. The zero-order valence-electron chi connectivity index (χ0n) is 13.1. The second-order valence-electron chi connectivity index (χ2n) is 5.17. The maximum absolute atomic E-state index is 12.9. The van der Waals surface area contributed by atoms with Crippen LogP contribution in [0.5, 0.6) is 0 Å². The average Bonchev–Trinajstić information content (AvgIpc) is 2.42. The summed E-state index contributed by atoms with van der Waals surface area (Å²) in [6.07, 6.45) is 4.53. The van der Waals surface area contributed by atoms with Crippen molar-refractivity contribution >= 4 is 31.8 Å². The number of sulfonamides is 1. The Labute approximate surface area is 136 Å². The zero-order valence-corrected chi connectivity index (χ0v) is 15.5. The Bertz CT molecular complexity index is 561. The van der Waals surface area contributed by atoms with Gasteiger partial charge >= 0.3 is 0 Å². The van der Waals surface area contributed by atoms with Gasteiger partial charge in [-0.05, 0) is 42.3 Å². The van der Waals surface area contributed by atoms with Crippen molar-refractivity contribution in [2.45, 2.75) is 51.0 Å². The number of nitrogens with one attached hydrogen (secondary N) is 1. The van der Waals surface area contributed by atoms with Gasteiger partial charge in [0.2, 0.25) is 10.0 Å². The van der Waals surface area contributed by atoms with Crippen LogP contribution in [0.1, 0.15) is 40.0 Å². The van der Waals surface area contributed by atoms with Gasteiger partial charge in [0.05, 0.1) is 0 Å². The number of unbranched alkanes of at least 4 members (excludes halogenated alkanes) is 2. The van der Waals surface area contributed by atoms with Crippen LogP contribution in [0.25, 0.3) is 0 Å². The molecular weight excluding hydrogens is 354 g/mol. The predicted octanol–water partition coefficient (Wildman–Crippen LogP) is 3.48. The normalized spacial score (nSPS) is 12.1. The van der Waals surface area contributed by atoms with Gasteiger partial charge < -0.3 is 5.32 Å². The average molecular weight is 378 g/mol. The molecule has 0 unspecified atom stereocenters. The third kappa shape index (κ3) is 4.66. The van der Waals surface area contributed by atoms with Gasteiger partial charge in [0.15, 0.2) is 0 Å². The lowest BCUT2D eigenvalue weighted by molar-refractivity contribution is 0.345. The Morgan fingerprint density at radius 3 is 2.57 bits per heavy atom. The first kappa shape index (κ1) is 18.4. The van der Waals surface area contributed by atoms with Crippen molar-refractivity contribution in [1.29, 1.82) is 0 Å². The maximum atomic E-state index is 12.9. The first-order chi connectivity index (χ1) is 9.84. The first-order valence-electron chi connectivity index (χ1n) is 7.19. The van der Waals surface area contributed by atoms with Gasteiger partial charge in [0, 0.05) is 30.3 Å². The molecule has 1 rings (SSSR count). The number of hydrogen-bond acceptors (Lipinski definition) is 4. The minimum atomic E-state index is -3.57. The third-order valence-corrected chi connectivity index (χ3v) is 5.72. The number of rotatable bonds is 8. The molecule has 0 spiro atoms. The van der Waals surface area contributed by atoms with E-state index >= 15 is 0 Å². The van der Waals surface area contributed by atoms with Crippen LogP contribution < -0.4 is 5.32 Å². The highest BCUT2D eigenvalue weighted by molar-refractivity contribution is 9.10. The summed E-state index contributed by atoms with van der Waals surface area (Å²) < 4.78 is 28.0. The molecule has 0 saturated carbocycles. The summed E-state index contributed by atoms with van der Waals surface area (Å²) in [6.45, 7) is 6.43. The van der Waals surface area contributed by atoms with Crippen LogP contribution in [-0.4, -0.2) is 37.3 Å². The van der Waals surface area contributed by atoms with Crippen LogP contribution in [-0.2, 0) is 10.0 Å². The van der Waals surface area contributed by atoms with E-state index in [-0.39, 0.29) is 10.9 Å². The summed E-state index contributed by atoms with van der Waals surface area (Å²) in [6, 6.07) is 1.51. The van der Waals surface area contributed by atoms with Gasteiger partial charge in [0.25, 0.3) is 0 Å². The van der Waals surface area contributed by atoms with Crippen LogP contribution in [0.4, 0.5) is 5.82 Å². The largest absolute Gasteiger partial charge is 0.372 e. The molecule has 0 bridgehead atoms. The molecule has 0 aliphatic rings. The van der Waals surface area contributed by atoms with Gasteiger partial charge in [-0.2, -0.15) is 4.31 Å². The summed E-state index contributed by atoms with van der Waals surface area (Å²) in [4.78, 5) is 4.35. The van der Waals surface area contributed by atoms with Crippen LogP contribution in [0.15, 0.2) is 21.6 Å². The zero-order chi connectivity index (χ0) is 16.0. The number of anilines is 1. The monoisotopic (exact) mass is 377 g/mol. The quantitative estimate of drug-likeness (QED) is 0.704. The second-order valence-corrected chi connectivity index (χ2v) is 7.94. The molecule has 0 radical (unpaired) electrons. The van der Waals surface area contributed by atoms with Gasteiger partial charge in [-0.1, -0.05) is 19.8 Å². The van der Waals surface area contributed by atoms with E-state index < -0.39 is 10.0 Å². The van der Waals surface area contributed by atoms with Crippen molar-refractivity contribution in [3.05, 3.63) is 16.7 Å². The minimum absolute atomic E-state index is 0.0875. The van der Waals surface area contributed by atoms with Crippen molar-refractivity contribution in [3.8, 4) is 0 Å². The molecule has 1 heterocycles. The molecule has 0 aromatic carbocycles. The van der Waals surface area contributed by atoms with E-state index in [9.17, 15) is 8.42 Å². The Kier molecular flexibility index (Phi) is 7.09. The molecule has 0 aliphatic carbocycles. The van der Waals surface area contributed by atoms with Gasteiger partial charge in [-0.15, -0.1) is 0 Å². The molecule has 0 aliphatic heterocycles. The lowest BCUT2D eigenvalue weighted by Crippen LogP contribution is -2.38. The van der Waals surface area contributed by atoms with E-state index in [0.29, 0.717) is 16.8 Å². The SMILES string of the molecule is CCCCCN(C(C)C)S(=O)(=O)c1cc(Br)cnc1NC. The van der Waals surface area contributed by atoms with E-state index in [2.05, 4.69) is 33.2 Å². The van der Waals surface area contributed by atoms with Crippen molar-refractivity contribution in [2.24, 2.45) is 0 Å². The molecule has 1 aromatic heterocycles. The molecule has 0 saturated heterocycles. The summed E-state index contributed by atoms with van der Waals surface area (Å²) in [7, 11) is -1.90. The topological polar surface area (TPSA) is 62.3 Å². The van der Waals surface area contributed by atoms with E-state index in [1.165, 1.54) is 0 Å². The second kappa shape index (κ2) is 8.10. The van der Waals surface area contributed by atoms with Crippen LogP contribution in [0, 0.1) is 0 Å². The van der Waals surface area contributed by atoms with E-state index in [0.717, 1.165) is 19.3 Å². The van der Waals surface area contributed by atoms with E-state index in [1.54, 1.807) is 23.6 Å². The van der Waals surface area contributed by atoms with Crippen molar-refractivity contribution in [2.75, 3.05) is 18.9 Å². The van der Waals surface area contributed by atoms with Crippen molar-refractivity contribution in [3.63, 3.8) is 0 Å². The first-order valence-corrected chi connectivity index (χ1v) is 9.43. The maximum Gasteiger partial charge on any atom is 0.247 e. The molecule has 0 fully saturated rings. The number of hydrogen-bond donors (Lipinski definition) is 1. The Balaban J connectivity index is 3.19. The van der Waals surface area contributed by atoms with E-state index in [4.69, 9.17) is 0 Å². The Hall–Kier alpha value is -0.660. The molecular formula is C14H24BrN3O2S. The standard InChI is InChI=1S/C14H24BrN3O2S/c1-5-6-7-8-18(11(2)3)21(19,20)13-9-12(15)10-17-14(13)16-4/h9-11H,5-8H2,1-4H3,(H,16,17). The van der Waals surface area contributed by atoms with Crippen LogP contribution >= 0.6 is 15.9 Å². The number of nitrogens with zero attached hydrogens (tertiary/aromatic N) is 2. The fourth-order valence-corrected chi connectivity index (χ4v) is 4.44. The highest BCUT2D eigenvalue weighted by Gasteiger charge is 2.29. The molecule has 7 heteroatoms. The van der Waals surface area contributed by atoms with E-state index in [1.807, 2.05) is 13.8 Å². The lowest BCUT2D eigenvalue weighted by atomic mass is 10.2. The predicted molar refractivity (Wildman–Crippen MR) is 90.0 cm³/mol. The number of pyridine rings is 1. The lowest BCUT2D eigenvalue weighted by Gasteiger charge is -2.26. The fraction of sp³-hybridized carbons (Fsp3) is 0.643. The molecule has 0 amide bonds. The molecule has 5 nitrogen and oxygen atoms in total. The van der Waals surface area contributed by atoms with Crippen molar-refractivity contribution in [1.82, 2.24) is 9.29 Å². The van der Waals surface area contributed by atoms with Crippen LogP contribution in [0.3, 0.4) is 0 Å². The summed E-state index contributed by atoms with van der Waals surface area (Å²) >= 11 is 3.29. The van der Waals surface area contributed by atoms with Crippen LogP contribution in [0.2, 0.25) is 0 Å². The van der Waals surface area contributed by atoms with Gasteiger partial charge in [-0.25, -0.2) is 13.4 Å². The number of aromatic nitrogens is 1. The fourth-order valence-electron chi connectivity index (χ4n) is 2.10. The van der Waals surface area contributed by atoms with Gasteiger partial charge in [0.1, 0.15) is 10.7 Å². The summed E-state index contributed by atoms with van der Waals surface area (Å²) in [5.41, 5.74) is 0. The Morgan fingerprint density at radius 1 is 1.38 bits per heavy atom. The number of halogens is 1. The molecule has 1 aromatic rings. The highest BCUT2D eigenvalue weighted by atomic mass is 79.9. The van der Waals surface area contributed by atoms with Crippen molar-refractivity contribution < 1.29 is 8.42 Å². The molecule has 120 valence electrons. The van der Waals surface area contributed by atoms with Gasteiger partial charge in [-0.3, -0.25) is 0 Å².